The third kappa shape index (κ3) is 4.69. The van der Waals surface area contributed by atoms with Crippen LogP contribution in [0.25, 0.3) is 0 Å². The number of hydrogen-bond acceptors (Lipinski definition) is 4. The first-order valence-corrected chi connectivity index (χ1v) is 6.19. The van der Waals surface area contributed by atoms with Crippen molar-refractivity contribution >= 4 is 11.8 Å². The van der Waals surface area contributed by atoms with Gasteiger partial charge in [-0.15, -0.1) is 0 Å². The van der Waals surface area contributed by atoms with Crippen LogP contribution in [0.3, 0.4) is 0 Å². The third-order valence-electron chi connectivity index (χ3n) is 2.54. The van der Waals surface area contributed by atoms with Gasteiger partial charge in [-0.25, -0.2) is 9.97 Å². The van der Waals surface area contributed by atoms with Gasteiger partial charge >= 0.3 is 5.97 Å². The number of anilines is 1. The summed E-state index contributed by atoms with van der Waals surface area (Å²) in [6.45, 7) is 8.52. The Hall–Kier alpha value is -1.65. The van der Waals surface area contributed by atoms with E-state index in [-0.39, 0.29) is 18.3 Å². The molecule has 1 aromatic heterocycles. The van der Waals surface area contributed by atoms with Crippen molar-refractivity contribution in [3.05, 3.63) is 17.6 Å². The summed E-state index contributed by atoms with van der Waals surface area (Å²) in [6, 6.07) is 1.87. The summed E-state index contributed by atoms with van der Waals surface area (Å²) in [4.78, 5) is 19.3. The molecule has 1 aromatic rings. The van der Waals surface area contributed by atoms with Crippen LogP contribution >= 0.6 is 0 Å². The summed E-state index contributed by atoms with van der Waals surface area (Å²) >= 11 is 0. The number of aliphatic carboxylic acids is 1. The predicted molar refractivity (Wildman–Crippen MR) is 70.8 cm³/mol. The molecule has 0 bridgehead atoms. The molecule has 0 amide bonds. The van der Waals surface area contributed by atoms with Crippen LogP contribution in [0.2, 0.25) is 0 Å². The smallest absolute Gasteiger partial charge is 0.303 e. The van der Waals surface area contributed by atoms with Gasteiger partial charge in [-0.2, -0.15) is 0 Å². The van der Waals surface area contributed by atoms with E-state index in [9.17, 15) is 4.79 Å². The maximum atomic E-state index is 10.6. The molecule has 18 heavy (non-hydrogen) atoms. The highest BCUT2D eigenvalue weighted by Crippen LogP contribution is 2.14. The topological polar surface area (TPSA) is 75.1 Å². The zero-order valence-corrected chi connectivity index (χ0v) is 11.4. The highest BCUT2D eigenvalue weighted by Gasteiger charge is 2.09. The first-order chi connectivity index (χ1) is 8.38. The van der Waals surface area contributed by atoms with Gasteiger partial charge in [0.1, 0.15) is 11.6 Å². The van der Waals surface area contributed by atoms with E-state index in [0.29, 0.717) is 6.54 Å². The molecule has 5 heteroatoms. The van der Waals surface area contributed by atoms with Gasteiger partial charge in [0, 0.05) is 30.6 Å². The quantitative estimate of drug-likeness (QED) is 0.812. The van der Waals surface area contributed by atoms with E-state index >= 15 is 0 Å². The number of aryl methyl sites for hydroxylation is 1. The average Bonchev–Trinajstić information content (AvgIpc) is 2.24. The Labute approximate surface area is 108 Å². The molecule has 0 aromatic carbocycles. The molecular weight excluding hydrogens is 230 g/mol. The van der Waals surface area contributed by atoms with Crippen LogP contribution in [0.15, 0.2) is 6.07 Å². The van der Waals surface area contributed by atoms with Crippen molar-refractivity contribution in [1.82, 2.24) is 9.97 Å². The Morgan fingerprint density at radius 3 is 2.61 bits per heavy atom. The highest BCUT2D eigenvalue weighted by molar-refractivity contribution is 5.67. The highest BCUT2D eigenvalue weighted by atomic mass is 16.4. The molecule has 0 aliphatic carbocycles. The van der Waals surface area contributed by atoms with E-state index in [0.717, 1.165) is 17.3 Å². The van der Waals surface area contributed by atoms with Gasteiger partial charge in [0.15, 0.2) is 0 Å². The number of carbonyl (C=O) groups is 1. The Kier molecular flexibility index (Phi) is 5.07. The number of nitrogens with one attached hydrogen (secondary N) is 1. The van der Waals surface area contributed by atoms with Crippen molar-refractivity contribution in [2.45, 2.75) is 40.0 Å². The zero-order valence-electron chi connectivity index (χ0n) is 11.4. The van der Waals surface area contributed by atoms with Gasteiger partial charge in [0.25, 0.3) is 0 Å². The Balaban J connectivity index is 2.64. The minimum absolute atomic E-state index is 0.0697. The molecule has 1 heterocycles. The number of carboxylic acids is 1. The van der Waals surface area contributed by atoms with E-state index in [1.165, 1.54) is 0 Å². The van der Waals surface area contributed by atoms with Gasteiger partial charge in [-0.1, -0.05) is 20.8 Å². The molecule has 2 N–H and O–H groups in total. The average molecular weight is 251 g/mol. The lowest BCUT2D eigenvalue weighted by Crippen LogP contribution is -2.16. The molecule has 1 rings (SSSR count). The SMILES string of the molecule is Cc1cc(NCC(C)CC(=O)O)nc(C(C)C)n1. The summed E-state index contributed by atoms with van der Waals surface area (Å²) in [5.41, 5.74) is 0.919. The van der Waals surface area contributed by atoms with Crippen LogP contribution in [0.1, 0.15) is 44.6 Å². The molecule has 0 aliphatic heterocycles. The summed E-state index contributed by atoms with van der Waals surface area (Å²) in [6.07, 6.45) is 0.161. The minimum Gasteiger partial charge on any atom is -0.481 e. The summed E-state index contributed by atoms with van der Waals surface area (Å²) in [5.74, 6) is 1.15. The second-order valence-electron chi connectivity index (χ2n) is 4.99. The van der Waals surface area contributed by atoms with E-state index in [4.69, 9.17) is 5.11 Å². The second-order valence-corrected chi connectivity index (χ2v) is 4.99. The Morgan fingerprint density at radius 1 is 1.39 bits per heavy atom. The molecule has 0 spiro atoms. The molecule has 1 atom stereocenters. The van der Waals surface area contributed by atoms with Gasteiger partial charge in [0.05, 0.1) is 0 Å². The Bertz CT molecular complexity index is 419. The lowest BCUT2D eigenvalue weighted by Gasteiger charge is -2.13. The lowest BCUT2D eigenvalue weighted by molar-refractivity contribution is -0.137. The van der Waals surface area contributed by atoms with Crippen LogP contribution in [0.5, 0.6) is 0 Å². The molecule has 5 nitrogen and oxygen atoms in total. The Morgan fingerprint density at radius 2 is 2.06 bits per heavy atom. The third-order valence-corrected chi connectivity index (χ3v) is 2.54. The van der Waals surface area contributed by atoms with Gasteiger partial charge in [-0.3, -0.25) is 4.79 Å². The van der Waals surface area contributed by atoms with Crippen LogP contribution in [0.4, 0.5) is 5.82 Å². The largest absolute Gasteiger partial charge is 0.481 e. The maximum absolute atomic E-state index is 10.6. The van der Waals surface area contributed by atoms with Gasteiger partial charge in [0.2, 0.25) is 0 Å². The standard InChI is InChI=1S/C13H21N3O2/c1-8(2)13-15-10(4)6-11(16-13)14-7-9(3)5-12(17)18/h6,8-9H,5,7H2,1-4H3,(H,17,18)(H,14,15,16). The van der Waals surface area contributed by atoms with Crippen molar-refractivity contribution in [3.63, 3.8) is 0 Å². The number of nitrogens with zero attached hydrogens (tertiary/aromatic N) is 2. The summed E-state index contributed by atoms with van der Waals surface area (Å²) in [7, 11) is 0. The molecule has 100 valence electrons. The molecule has 0 radical (unpaired) electrons. The normalized spacial score (nSPS) is 12.5. The van der Waals surface area contributed by atoms with Gasteiger partial charge in [-0.05, 0) is 12.8 Å². The van der Waals surface area contributed by atoms with Crippen molar-refractivity contribution in [2.75, 3.05) is 11.9 Å². The first kappa shape index (κ1) is 14.4. The van der Waals surface area contributed by atoms with Crippen molar-refractivity contribution in [2.24, 2.45) is 5.92 Å². The van der Waals surface area contributed by atoms with Gasteiger partial charge < -0.3 is 10.4 Å². The fourth-order valence-corrected chi connectivity index (χ4v) is 1.59. The van der Waals surface area contributed by atoms with E-state index in [1.807, 2.05) is 33.8 Å². The molecule has 0 fully saturated rings. The number of carboxylic acid groups (broad SMARTS) is 1. The zero-order chi connectivity index (χ0) is 13.7. The fourth-order valence-electron chi connectivity index (χ4n) is 1.59. The molecule has 0 aliphatic rings. The van der Waals surface area contributed by atoms with E-state index in [1.54, 1.807) is 0 Å². The van der Waals surface area contributed by atoms with Crippen LogP contribution in [-0.4, -0.2) is 27.6 Å². The number of hydrogen-bond donors (Lipinski definition) is 2. The van der Waals surface area contributed by atoms with Crippen LogP contribution in [0, 0.1) is 12.8 Å². The first-order valence-electron chi connectivity index (χ1n) is 6.19. The van der Waals surface area contributed by atoms with E-state index < -0.39 is 5.97 Å². The summed E-state index contributed by atoms with van der Waals surface area (Å²) < 4.78 is 0. The fraction of sp³-hybridized carbons (Fsp3) is 0.615. The number of rotatable bonds is 6. The summed E-state index contributed by atoms with van der Waals surface area (Å²) in [5, 5.41) is 11.9. The molecule has 0 saturated heterocycles. The molecule has 1 unspecified atom stereocenters. The van der Waals surface area contributed by atoms with Crippen molar-refractivity contribution < 1.29 is 9.90 Å². The number of aromatic nitrogens is 2. The maximum Gasteiger partial charge on any atom is 0.303 e. The second kappa shape index (κ2) is 6.33. The lowest BCUT2D eigenvalue weighted by atomic mass is 10.1. The monoisotopic (exact) mass is 251 g/mol. The van der Waals surface area contributed by atoms with E-state index in [2.05, 4.69) is 15.3 Å². The van der Waals surface area contributed by atoms with Crippen LogP contribution < -0.4 is 5.32 Å². The molecule has 0 saturated carbocycles. The molecular formula is C13H21N3O2. The van der Waals surface area contributed by atoms with Crippen LogP contribution in [-0.2, 0) is 4.79 Å². The minimum atomic E-state index is -0.772. The van der Waals surface area contributed by atoms with Crippen molar-refractivity contribution in [3.8, 4) is 0 Å². The predicted octanol–water partition coefficient (Wildman–Crippen LogP) is 2.43. The van der Waals surface area contributed by atoms with Crippen molar-refractivity contribution in [1.29, 1.82) is 0 Å².